The van der Waals surface area contributed by atoms with E-state index in [1.807, 2.05) is 0 Å². The fourth-order valence-corrected chi connectivity index (χ4v) is 3.62. The zero-order valence-electron chi connectivity index (χ0n) is 11.6. The second kappa shape index (κ2) is 7.29. The summed E-state index contributed by atoms with van der Waals surface area (Å²) in [7, 11) is 0. The highest BCUT2D eigenvalue weighted by atomic mass is 35.5. The lowest BCUT2D eigenvalue weighted by Gasteiger charge is -2.18. The van der Waals surface area contributed by atoms with E-state index in [1.54, 1.807) is 11.8 Å². The van der Waals surface area contributed by atoms with Crippen molar-refractivity contribution < 1.29 is 0 Å². The minimum Gasteiger partial charge on any atom is -0.341 e. The molecule has 1 fully saturated rings. The van der Waals surface area contributed by atoms with Crippen LogP contribution in [0.3, 0.4) is 0 Å². The average molecular weight is 301 g/mol. The van der Waals surface area contributed by atoms with Gasteiger partial charge in [0.1, 0.15) is 0 Å². The Kier molecular flexibility index (Phi) is 5.70. The van der Waals surface area contributed by atoms with Gasteiger partial charge in [-0.2, -0.15) is 15.0 Å². The molecule has 6 heteroatoms. The molecule has 0 bridgehead atoms. The highest BCUT2D eigenvalue weighted by Crippen LogP contribution is 2.30. The summed E-state index contributed by atoms with van der Waals surface area (Å²) in [5, 5.41) is 1.06. The van der Waals surface area contributed by atoms with E-state index < -0.39 is 0 Å². The van der Waals surface area contributed by atoms with Gasteiger partial charge >= 0.3 is 0 Å². The molecule has 0 N–H and O–H groups in total. The molecular formula is C13H21ClN4S. The molecule has 4 nitrogen and oxygen atoms in total. The summed E-state index contributed by atoms with van der Waals surface area (Å²) in [4.78, 5) is 15.0. The largest absolute Gasteiger partial charge is 0.341 e. The normalized spacial score (nSPS) is 15.9. The van der Waals surface area contributed by atoms with Gasteiger partial charge in [0, 0.05) is 18.8 Å². The van der Waals surface area contributed by atoms with Crippen LogP contribution in [0, 0.1) is 5.92 Å². The summed E-state index contributed by atoms with van der Waals surface area (Å²) in [5.74, 6) is 2.61. The highest BCUT2D eigenvalue weighted by molar-refractivity contribution is 7.99. The molecule has 1 aliphatic rings. The van der Waals surface area contributed by atoms with Gasteiger partial charge in [-0.3, -0.25) is 0 Å². The van der Waals surface area contributed by atoms with Gasteiger partial charge in [0.15, 0.2) is 5.16 Å². The van der Waals surface area contributed by atoms with Gasteiger partial charge in [-0.1, -0.05) is 24.6 Å². The van der Waals surface area contributed by atoms with Crippen molar-refractivity contribution in [2.75, 3.05) is 23.7 Å². The third kappa shape index (κ3) is 4.21. The van der Waals surface area contributed by atoms with Crippen molar-refractivity contribution in [3.8, 4) is 0 Å². The van der Waals surface area contributed by atoms with E-state index in [2.05, 4.69) is 33.7 Å². The first kappa shape index (κ1) is 14.9. The number of hydrogen-bond acceptors (Lipinski definition) is 5. The van der Waals surface area contributed by atoms with Crippen molar-refractivity contribution in [3.05, 3.63) is 5.28 Å². The molecule has 0 unspecified atom stereocenters. The summed E-state index contributed by atoms with van der Waals surface area (Å²) in [6, 6.07) is 0. The van der Waals surface area contributed by atoms with Gasteiger partial charge < -0.3 is 4.90 Å². The number of anilines is 1. The Balaban J connectivity index is 2.03. The molecule has 0 amide bonds. The predicted molar refractivity (Wildman–Crippen MR) is 81.1 cm³/mol. The van der Waals surface area contributed by atoms with Crippen LogP contribution in [0.5, 0.6) is 0 Å². The SMILES string of the molecule is CCN(CC)c1nc(Cl)nc(SCC2CCCC2)n1. The lowest BCUT2D eigenvalue weighted by molar-refractivity contribution is 0.622. The van der Waals surface area contributed by atoms with Crippen LogP contribution in [0.15, 0.2) is 5.16 Å². The van der Waals surface area contributed by atoms with Crippen molar-refractivity contribution in [2.24, 2.45) is 5.92 Å². The summed E-state index contributed by atoms with van der Waals surface area (Å²) < 4.78 is 0. The van der Waals surface area contributed by atoms with Crippen LogP contribution < -0.4 is 4.90 Å². The quantitative estimate of drug-likeness (QED) is 0.750. The first-order valence-corrected chi connectivity index (χ1v) is 8.38. The van der Waals surface area contributed by atoms with Gasteiger partial charge in [-0.05, 0) is 44.2 Å². The number of halogens is 1. The molecule has 0 radical (unpaired) electrons. The molecule has 0 atom stereocenters. The lowest BCUT2D eigenvalue weighted by Crippen LogP contribution is -2.24. The zero-order valence-corrected chi connectivity index (χ0v) is 13.2. The number of rotatable bonds is 6. The highest BCUT2D eigenvalue weighted by Gasteiger charge is 2.17. The van der Waals surface area contributed by atoms with Gasteiger partial charge in [0.05, 0.1) is 0 Å². The molecule has 1 aromatic rings. The van der Waals surface area contributed by atoms with Crippen LogP contribution in [0.25, 0.3) is 0 Å². The molecule has 19 heavy (non-hydrogen) atoms. The van der Waals surface area contributed by atoms with Gasteiger partial charge in [0.2, 0.25) is 11.2 Å². The monoisotopic (exact) mass is 300 g/mol. The van der Waals surface area contributed by atoms with E-state index in [4.69, 9.17) is 11.6 Å². The second-order valence-corrected chi connectivity index (χ2v) is 6.15. The molecule has 106 valence electrons. The molecule has 2 rings (SSSR count). The van der Waals surface area contributed by atoms with E-state index >= 15 is 0 Å². The van der Waals surface area contributed by atoms with Gasteiger partial charge in [-0.15, -0.1) is 0 Å². The van der Waals surface area contributed by atoms with Crippen LogP contribution in [0.2, 0.25) is 5.28 Å². The van der Waals surface area contributed by atoms with Crippen molar-refractivity contribution in [1.29, 1.82) is 0 Å². The fourth-order valence-electron chi connectivity index (χ4n) is 2.40. The maximum absolute atomic E-state index is 6.00. The molecule has 0 saturated heterocycles. The van der Waals surface area contributed by atoms with Crippen molar-refractivity contribution in [1.82, 2.24) is 15.0 Å². The van der Waals surface area contributed by atoms with Crippen molar-refractivity contribution >= 4 is 29.3 Å². The molecule has 0 aromatic carbocycles. The third-order valence-corrected chi connectivity index (χ3v) is 4.79. The Labute approximate surface area is 124 Å². The Morgan fingerprint density at radius 1 is 1.16 bits per heavy atom. The third-order valence-electron chi connectivity index (χ3n) is 3.54. The fraction of sp³-hybridized carbons (Fsp3) is 0.769. The number of thioether (sulfide) groups is 1. The molecule has 1 aliphatic carbocycles. The number of aromatic nitrogens is 3. The minimum absolute atomic E-state index is 0.297. The summed E-state index contributed by atoms with van der Waals surface area (Å²) in [6.07, 6.45) is 5.42. The summed E-state index contributed by atoms with van der Waals surface area (Å²) in [6.45, 7) is 5.94. The molecule has 0 spiro atoms. The smallest absolute Gasteiger partial charge is 0.230 e. The maximum Gasteiger partial charge on any atom is 0.230 e. The van der Waals surface area contributed by atoms with Crippen LogP contribution >= 0.6 is 23.4 Å². The summed E-state index contributed by atoms with van der Waals surface area (Å²) in [5.41, 5.74) is 0. The standard InChI is InChI=1S/C13H21ClN4S/c1-3-18(4-2)12-15-11(14)16-13(17-12)19-9-10-7-5-6-8-10/h10H,3-9H2,1-2H3. The molecular weight excluding hydrogens is 280 g/mol. The zero-order chi connectivity index (χ0) is 13.7. The second-order valence-electron chi connectivity index (χ2n) is 4.82. The number of nitrogens with zero attached hydrogens (tertiary/aromatic N) is 4. The first-order valence-electron chi connectivity index (χ1n) is 7.02. The predicted octanol–water partition coefficient (Wildman–Crippen LogP) is 3.65. The van der Waals surface area contributed by atoms with E-state index in [-0.39, 0.29) is 0 Å². The van der Waals surface area contributed by atoms with Crippen molar-refractivity contribution in [3.63, 3.8) is 0 Å². The van der Waals surface area contributed by atoms with Gasteiger partial charge in [-0.25, -0.2) is 0 Å². The summed E-state index contributed by atoms with van der Waals surface area (Å²) >= 11 is 7.71. The Bertz CT molecular complexity index is 406. The molecule has 1 aromatic heterocycles. The van der Waals surface area contributed by atoms with E-state index in [9.17, 15) is 0 Å². The average Bonchev–Trinajstić information content (AvgIpc) is 2.90. The lowest BCUT2D eigenvalue weighted by atomic mass is 10.1. The molecule has 1 heterocycles. The van der Waals surface area contributed by atoms with Crippen LogP contribution in [0.4, 0.5) is 5.95 Å². The van der Waals surface area contributed by atoms with Crippen molar-refractivity contribution in [2.45, 2.75) is 44.7 Å². The van der Waals surface area contributed by atoms with Crippen LogP contribution in [-0.4, -0.2) is 33.8 Å². The number of hydrogen-bond donors (Lipinski definition) is 0. The van der Waals surface area contributed by atoms with Crippen LogP contribution in [-0.2, 0) is 0 Å². The minimum atomic E-state index is 0.297. The molecule has 1 saturated carbocycles. The maximum atomic E-state index is 6.00. The Hall–Kier alpha value is -0.550. The molecule has 0 aliphatic heterocycles. The van der Waals surface area contributed by atoms with Gasteiger partial charge in [0.25, 0.3) is 0 Å². The Morgan fingerprint density at radius 3 is 2.47 bits per heavy atom. The van der Waals surface area contributed by atoms with E-state index in [0.717, 1.165) is 29.9 Å². The van der Waals surface area contributed by atoms with E-state index in [0.29, 0.717) is 11.2 Å². The Morgan fingerprint density at radius 2 is 1.84 bits per heavy atom. The van der Waals surface area contributed by atoms with Crippen LogP contribution in [0.1, 0.15) is 39.5 Å². The topological polar surface area (TPSA) is 41.9 Å². The first-order chi connectivity index (χ1) is 9.22. The van der Waals surface area contributed by atoms with E-state index in [1.165, 1.54) is 25.7 Å².